The highest BCUT2D eigenvalue weighted by molar-refractivity contribution is 6.30. The van der Waals surface area contributed by atoms with Gasteiger partial charge >= 0.3 is 6.18 Å². The molecule has 1 aromatic carbocycles. The van der Waals surface area contributed by atoms with E-state index < -0.39 is 16.9 Å². The molecule has 2 aromatic rings. The van der Waals surface area contributed by atoms with Gasteiger partial charge in [0.2, 0.25) is 11.9 Å². The van der Waals surface area contributed by atoms with E-state index in [1.807, 2.05) is 0 Å². The second kappa shape index (κ2) is 5.69. The molecule has 1 aliphatic rings. The molecular formula is C14H10ClF3N4O. The van der Waals surface area contributed by atoms with E-state index in [9.17, 15) is 18.0 Å². The zero-order chi connectivity index (χ0) is 16.6. The fourth-order valence-electron chi connectivity index (χ4n) is 2.20. The van der Waals surface area contributed by atoms with Crippen LogP contribution in [0, 0.1) is 0 Å². The number of rotatable bonds is 2. The molecule has 0 aliphatic carbocycles. The smallest absolute Gasteiger partial charge is 0.326 e. The second-order valence-electron chi connectivity index (χ2n) is 4.94. The first kappa shape index (κ1) is 15.5. The maximum Gasteiger partial charge on any atom is 0.420 e. The summed E-state index contributed by atoms with van der Waals surface area (Å²) in [5, 5.41) is 4.87. The van der Waals surface area contributed by atoms with Crippen LogP contribution in [0.25, 0.3) is 0 Å². The SMILES string of the molecule is O=C1CCc2cc(Nc3ncc(C(F)(F)F)c(Cl)n3)ccc2N1. The van der Waals surface area contributed by atoms with E-state index in [-0.39, 0.29) is 11.9 Å². The Labute approximate surface area is 133 Å². The lowest BCUT2D eigenvalue weighted by Crippen LogP contribution is -2.18. The summed E-state index contributed by atoms with van der Waals surface area (Å²) in [7, 11) is 0. The number of benzene rings is 1. The summed E-state index contributed by atoms with van der Waals surface area (Å²) in [6.07, 6.45) is -2.99. The Hall–Kier alpha value is -2.35. The number of anilines is 3. The van der Waals surface area contributed by atoms with Gasteiger partial charge in [0.15, 0.2) is 0 Å². The number of aromatic nitrogens is 2. The number of hydrogen-bond acceptors (Lipinski definition) is 4. The minimum absolute atomic E-state index is 0.0391. The van der Waals surface area contributed by atoms with Crippen LogP contribution in [0.4, 0.5) is 30.5 Å². The summed E-state index contributed by atoms with van der Waals surface area (Å²) in [6, 6.07) is 5.16. The number of hydrogen-bond donors (Lipinski definition) is 2. The number of fused-ring (bicyclic) bond motifs is 1. The first-order valence-electron chi connectivity index (χ1n) is 6.62. The second-order valence-corrected chi connectivity index (χ2v) is 5.30. The van der Waals surface area contributed by atoms with Crippen molar-refractivity contribution in [1.82, 2.24) is 9.97 Å². The van der Waals surface area contributed by atoms with Crippen molar-refractivity contribution in [3.63, 3.8) is 0 Å². The van der Waals surface area contributed by atoms with Crippen LogP contribution in [-0.4, -0.2) is 15.9 Å². The normalized spacial score (nSPS) is 14.2. The van der Waals surface area contributed by atoms with Gasteiger partial charge in [-0.15, -0.1) is 0 Å². The van der Waals surface area contributed by atoms with Crippen molar-refractivity contribution in [3.8, 4) is 0 Å². The number of halogens is 4. The van der Waals surface area contributed by atoms with Crippen LogP contribution in [0.5, 0.6) is 0 Å². The van der Waals surface area contributed by atoms with Crippen molar-refractivity contribution in [2.75, 3.05) is 10.6 Å². The summed E-state index contributed by atoms with van der Waals surface area (Å²) in [5.41, 5.74) is 1.15. The number of carbonyl (C=O) groups is 1. The molecule has 0 atom stereocenters. The van der Waals surface area contributed by atoms with E-state index in [4.69, 9.17) is 11.6 Å². The average Bonchev–Trinajstić information content (AvgIpc) is 2.46. The Kier molecular flexibility index (Phi) is 3.85. The maximum absolute atomic E-state index is 12.6. The number of nitrogens with zero attached hydrogens (tertiary/aromatic N) is 2. The summed E-state index contributed by atoms with van der Waals surface area (Å²) < 4.78 is 37.8. The molecule has 0 bridgehead atoms. The Morgan fingerprint density at radius 1 is 1.26 bits per heavy atom. The van der Waals surface area contributed by atoms with E-state index >= 15 is 0 Å². The molecule has 1 aromatic heterocycles. The molecule has 0 radical (unpaired) electrons. The van der Waals surface area contributed by atoms with Crippen molar-refractivity contribution in [2.45, 2.75) is 19.0 Å². The van der Waals surface area contributed by atoms with Gasteiger partial charge in [-0.3, -0.25) is 4.79 Å². The molecule has 0 spiro atoms. The maximum atomic E-state index is 12.6. The monoisotopic (exact) mass is 342 g/mol. The Balaban J connectivity index is 1.83. The molecule has 2 heterocycles. The molecule has 1 aliphatic heterocycles. The van der Waals surface area contributed by atoms with E-state index in [1.54, 1.807) is 18.2 Å². The van der Waals surface area contributed by atoms with Crippen LogP contribution >= 0.6 is 11.6 Å². The lowest BCUT2D eigenvalue weighted by Gasteiger charge is -2.17. The summed E-state index contributed by atoms with van der Waals surface area (Å²) in [4.78, 5) is 18.5. The van der Waals surface area contributed by atoms with Gasteiger partial charge in [-0.2, -0.15) is 13.2 Å². The van der Waals surface area contributed by atoms with Gasteiger partial charge in [0.1, 0.15) is 10.7 Å². The van der Waals surface area contributed by atoms with Gasteiger partial charge in [0.25, 0.3) is 0 Å². The van der Waals surface area contributed by atoms with E-state index in [0.717, 1.165) is 11.3 Å². The number of nitrogens with one attached hydrogen (secondary N) is 2. The zero-order valence-electron chi connectivity index (χ0n) is 11.5. The molecule has 5 nitrogen and oxygen atoms in total. The van der Waals surface area contributed by atoms with Gasteiger partial charge in [-0.25, -0.2) is 9.97 Å². The minimum atomic E-state index is -4.60. The van der Waals surface area contributed by atoms with Crippen LogP contribution in [0.2, 0.25) is 5.15 Å². The summed E-state index contributed by atoms with van der Waals surface area (Å²) in [6.45, 7) is 0. The first-order chi connectivity index (χ1) is 10.8. The van der Waals surface area contributed by atoms with Crippen molar-refractivity contribution in [3.05, 3.63) is 40.7 Å². The Morgan fingerprint density at radius 2 is 2.04 bits per heavy atom. The predicted octanol–water partition coefficient (Wildman–Crippen LogP) is 3.78. The van der Waals surface area contributed by atoms with E-state index in [1.165, 1.54) is 0 Å². The van der Waals surface area contributed by atoms with Crippen molar-refractivity contribution in [1.29, 1.82) is 0 Å². The quantitative estimate of drug-likeness (QED) is 0.815. The fourth-order valence-corrected chi connectivity index (χ4v) is 2.44. The average molecular weight is 343 g/mol. The molecule has 0 saturated heterocycles. The minimum Gasteiger partial charge on any atom is -0.326 e. The van der Waals surface area contributed by atoms with E-state index in [2.05, 4.69) is 20.6 Å². The Morgan fingerprint density at radius 3 is 2.74 bits per heavy atom. The van der Waals surface area contributed by atoms with Gasteiger partial charge in [0, 0.05) is 24.0 Å². The third-order valence-electron chi connectivity index (χ3n) is 3.30. The molecule has 3 rings (SSSR count). The van der Waals surface area contributed by atoms with Crippen molar-refractivity contribution < 1.29 is 18.0 Å². The summed E-state index contributed by atoms with van der Waals surface area (Å²) in [5.74, 6) is -0.0844. The van der Waals surface area contributed by atoms with Gasteiger partial charge in [0.05, 0.1) is 0 Å². The predicted molar refractivity (Wildman–Crippen MR) is 78.7 cm³/mol. The van der Waals surface area contributed by atoms with E-state index in [0.29, 0.717) is 24.7 Å². The zero-order valence-corrected chi connectivity index (χ0v) is 12.3. The number of amides is 1. The lowest BCUT2D eigenvalue weighted by atomic mass is 10.0. The van der Waals surface area contributed by atoms with Crippen LogP contribution in [-0.2, 0) is 17.4 Å². The van der Waals surface area contributed by atoms with Gasteiger partial charge < -0.3 is 10.6 Å². The van der Waals surface area contributed by atoms with Crippen LogP contribution in [0.15, 0.2) is 24.4 Å². The molecule has 0 fully saturated rings. The Bertz CT molecular complexity index is 779. The van der Waals surface area contributed by atoms with Crippen LogP contribution in [0.1, 0.15) is 17.5 Å². The van der Waals surface area contributed by atoms with Crippen molar-refractivity contribution in [2.24, 2.45) is 0 Å². The third-order valence-corrected chi connectivity index (χ3v) is 3.59. The molecule has 2 N–H and O–H groups in total. The van der Waals surface area contributed by atoms with Crippen molar-refractivity contribution >= 4 is 34.8 Å². The first-order valence-corrected chi connectivity index (χ1v) is 7.00. The van der Waals surface area contributed by atoms with Gasteiger partial charge in [-0.05, 0) is 30.2 Å². The third kappa shape index (κ3) is 3.37. The molecule has 9 heteroatoms. The number of alkyl halides is 3. The standard InChI is InChI=1S/C14H10ClF3N4O/c15-12-9(14(16,17)18)6-19-13(22-12)20-8-2-3-10-7(5-8)1-4-11(23)21-10/h2-3,5-6H,1,4H2,(H,21,23)(H,19,20,22). The number of carbonyl (C=O) groups excluding carboxylic acids is 1. The molecule has 23 heavy (non-hydrogen) atoms. The highest BCUT2D eigenvalue weighted by Crippen LogP contribution is 2.34. The number of aryl methyl sites for hydroxylation is 1. The van der Waals surface area contributed by atoms with Crippen LogP contribution in [0.3, 0.4) is 0 Å². The topological polar surface area (TPSA) is 66.9 Å². The summed E-state index contributed by atoms with van der Waals surface area (Å²) >= 11 is 5.55. The molecule has 0 unspecified atom stereocenters. The molecule has 0 saturated carbocycles. The van der Waals surface area contributed by atoms with Crippen LogP contribution < -0.4 is 10.6 Å². The molecule has 1 amide bonds. The molecule has 120 valence electrons. The molecular weight excluding hydrogens is 333 g/mol. The largest absolute Gasteiger partial charge is 0.420 e. The lowest BCUT2D eigenvalue weighted by molar-refractivity contribution is -0.138. The van der Waals surface area contributed by atoms with Gasteiger partial charge in [-0.1, -0.05) is 11.6 Å². The fraction of sp³-hybridized carbons (Fsp3) is 0.214. The highest BCUT2D eigenvalue weighted by Gasteiger charge is 2.34. The highest BCUT2D eigenvalue weighted by atomic mass is 35.5.